The number of pyridine rings is 1. The summed E-state index contributed by atoms with van der Waals surface area (Å²) in [4.78, 5) is 17.7. The zero-order valence-electron chi connectivity index (χ0n) is 10.4. The largest absolute Gasteiger partial charge is 0.464 e. The van der Waals surface area contributed by atoms with Crippen molar-refractivity contribution in [2.45, 2.75) is 11.5 Å². The molecule has 22 heavy (non-hydrogen) atoms. The molecule has 0 atom stereocenters. The molecular weight excluding hydrogens is 347 g/mol. The number of amides is 1. The number of alkyl halides is 2. The smallest absolute Gasteiger partial charge is 0.427 e. The first-order chi connectivity index (χ1) is 10.2. The normalized spacial score (nSPS) is 11.6. The number of anilines is 1. The van der Waals surface area contributed by atoms with Crippen LogP contribution in [0.4, 0.5) is 23.8 Å². The van der Waals surface area contributed by atoms with E-state index >= 15 is 0 Å². The first-order valence-electron chi connectivity index (χ1n) is 5.36. The number of sulfonamides is 1. The lowest BCUT2D eigenvalue weighted by molar-refractivity contribution is 0.139. The number of rotatable bonds is 4. The highest BCUT2D eigenvalue weighted by Gasteiger charge is 2.34. The summed E-state index contributed by atoms with van der Waals surface area (Å²) < 4.78 is 62.7. The summed E-state index contributed by atoms with van der Waals surface area (Å²) in [5.74, 6) is -1.84. The van der Waals surface area contributed by atoms with Crippen molar-refractivity contribution >= 4 is 33.3 Å². The van der Waals surface area contributed by atoms with Crippen molar-refractivity contribution < 1.29 is 31.5 Å². The van der Waals surface area contributed by atoms with Crippen LogP contribution in [-0.4, -0.2) is 29.6 Å². The predicted molar refractivity (Wildman–Crippen MR) is 69.0 cm³/mol. The van der Waals surface area contributed by atoms with Crippen LogP contribution in [0.2, 0.25) is 0 Å². The van der Waals surface area contributed by atoms with Crippen LogP contribution < -0.4 is 4.31 Å². The van der Waals surface area contributed by atoms with E-state index in [1.165, 1.54) is 5.51 Å². The summed E-state index contributed by atoms with van der Waals surface area (Å²) in [5.41, 5.74) is -0.201. The third kappa shape index (κ3) is 2.87. The lowest BCUT2D eigenvalue weighted by atomic mass is 10.3. The molecule has 0 aromatic carbocycles. The predicted octanol–water partition coefficient (Wildman–Crippen LogP) is 2.49. The molecule has 0 saturated heterocycles. The van der Waals surface area contributed by atoms with Gasteiger partial charge in [0.05, 0.1) is 5.51 Å². The van der Waals surface area contributed by atoms with Gasteiger partial charge in [-0.1, -0.05) is 0 Å². The number of carboxylic acid groups (broad SMARTS) is 1. The molecule has 0 bridgehead atoms. The van der Waals surface area contributed by atoms with E-state index < -0.39 is 44.9 Å². The third-order valence-electron chi connectivity index (χ3n) is 2.36. The topological polar surface area (TPSA) is 100 Å². The van der Waals surface area contributed by atoms with Gasteiger partial charge in [0.15, 0.2) is 16.7 Å². The Morgan fingerprint density at radius 1 is 1.36 bits per heavy atom. The second kappa shape index (κ2) is 5.88. The minimum Gasteiger partial charge on any atom is -0.464 e. The Hall–Kier alpha value is -2.21. The molecule has 0 aliphatic carbocycles. The van der Waals surface area contributed by atoms with Gasteiger partial charge < -0.3 is 5.11 Å². The molecule has 0 aliphatic rings. The van der Waals surface area contributed by atoms with Crippen LogP contribution in [0.5, 0.6) is 0 Å². The summed E-state index contributed by atoms with van der Waals surface area (Å²) in [7, 11) is -4.83. The van der Waals surface area contributed by atoms with Gasteiger partial charge in [0.2, 0.25) is 0 Å². The van der Waals surface area contributed by atoms with Gasteiger partial charge in [-0.2, -0.15) is 8.42 Å². The Balaban J connectivity index is 2.58. The van der Waals surface area contributed by atoms with Crippen LogP contribution in [0.1, 0.15) is 12.1 Å². The molecule has 0 radical (unpaired) electrons. The van der Waals surface area contributed by atoms with Crippen molar-refractivity contribution in [2.24, 2.45) is 0 Å². The highest BCUT2D eigenvalue weighted by Crippen LogP contribution is 2.26. The first-order valence-corrected chi connectivity index (χ1v) is 7.74. The lowest BCUT2D eigenvalue weighted by Gasteiger charge is -2.16. The van der Waals surface area contributed by atoms with E-state index in [4.69, 9.17) is 5.11 Å². The van der Waals surface area contributed by atoms with Crippen molar-refractivity contribution in [3.05, 3.63) is 34.5 Å². The average molecular weight is 353 g/mol. The van der Waals surface area contributed by atoms with Crippen molar-refractivity contribution in [1.29, 1.82) is 0 Å². The molecule has 0 unspecified atom stereocenters. The number of halogens is 3. The van der Waals surface area contributed by atoms with Crippen LogP contribution in [0.15, 0.2) is 28.0 Å². The average Bonchev–Trinajstić information content (AvgIpc) is 2.91. The second-order valence-electron chi connectivity index (χ2n) is 3.72. The standard InChI is InChI=1S/C10H6F3N3O4S2/c11-5-1-2-7(15-8(5)9(12)13)22(19,20)16(10(17)18)6-3-21-4-14-6/h1-4,9H,(H,17,18). The Bertz CT molecular complexity index is 796. The van der Waals surface area contributed by atoms with Gasteiger partial charge in [0.1, 0.15) is 5.69 Å². The van der Waals surface area contributed by atoms with E-state index in [1.807, 2.05) is 0 Å². The van der Waals surface area contributed by atoms with Crippen molar-refractivity contribution in [1.82, 2.24) is 9.97 Å². The van der Waals surface area contributed by atoms with Crippen molar-refractivity contribution in [3.8, 4) is 0 Å². The fourth-order valence-corrected chi connectivity index (χ4v) is 3.24. The number of aromatic nitrogens is 2. The summed E-state index contributed by atoms with van der Waals surface area (Å²) >= 11 is 0.926. The maximum atomic E-state index is 13.2. The summed E-state index contributed by atoms with van der Waals surface area (Å²) in [5, 5.41) is 9.14. The zero-order chi connectivity index (χ0) is 16.5. The molecule has 1 amide bonds. The lowest BCUT2D eigenvalue weighted by Crippen LogP contribution is -2.36. The number of carbonyl (C=O) groups is 1. The SMILES string of the molecule is O=C(O)N(c1cscn1)S(=O)(=O)c1ccc(F)c(C(F)F)n1. The van der Waals surface area contributed by atoms with Crippen LogP contribution in [-0.2, 0) is 10.0 Å². The first kappa shape index (κ1) is 16.2. The van der Waals surface area contributed by atoms with Gasteiger partial charge in [0.25, 0.3) is 16.4 Å². The number of nitrogens with zero attached hydrogens (tertiary/aromatic N) is 3. The fourth-order valence-electron chi connectivity index (χ4n) is 1.46. The molecule has 2 aromatic rings. The summed E-state index contributed by atoms with van der Waals surface area (Å²) in [6, 6.07) is 1.07. The van der Waals surface area contributed by atoms with Crippen molar-refractivity contribution in [2.75, 3.05) is 4.31 Å². The van der Waals surface area contributed by atoms with Gasteiger partial charge >= 0.3 is 6.09 Å². The Kier molecular flexibility index (Phi) is 4.32. The molecule has 0 aliphatic heterocycles. The minimum atomic E-state index is -4.83. The molecule has 0 saturated carbocycles. The second-order valence-corrected chi connectivity index (χ2v) is 6.17. The monoisotopic (exact) mass is 353 g/mol. The minimum absolute atomic E-state index is 0.126. The Morgan fingerprint density at radius 3 is 2.55 bits per heavy atom. The molecule has 0 spiro atoms. The van der Waals surface area contributed by atoms with Gasteiger partial charge in [-0.25, -0.2) is 27.9 Å². The molecule has 2 rings (SSSR count). The van der Waals surface area contributed by atoms with Gasteiger partial charge in [-0.15, -0.1) is 15.6 Å². The molecular formula is C10H6F3N3O4S2. The molecule has 12 heteroatoms. The fraction of sp³-hybridized carbons (Fsp3) is 0.100. The molecule has 2 heterocycles. The molecule has 118 valence electrons. The number of hydrogen-bond donors (Lipinski definition) is 1. The van der Waals surface area contributed by atoms with E-state index in [0.717, 1.165) is 16.7 Å². The zero-order valence-corrected chi connectivity index (χ0v) is 12.0. The number of thiazole rings is 1. The maximum Gasteiger partial charge on any atom is 0.427 e. The highest BCUT2D eigenvalue weighted by atomic mass is 32.2. The van der Waals surface area contributed by atoms with E-state index in [9.17, 15) is 26.4 Å². The van der Waals surface area contributed by atoms with Gasteiger partial charge in [-0.05, 0) is 12.1 Å². The molecule has 1 N–H and O–H groups in total. The highest BCUT2D eigenvalue weighted by molar-refractivity contribution is 7.93. The van der Waals surface area contributed by atoms with Crippen LogP contribution in [0.25, 0.3) is 0 Å². The van der Waals surface area contributed by atoms with Gasteiger partial charge in [-0.3, -0.25) is 0 Å². The summed E-state index contributed by atoms with van der Waals surface area (Å²) in [6.45, 7) is 0. The van der Waals surface area contributed by atoms with E-state index in [2.05, 4.69) is 9.97 Å². The maximum absolute atomic E-state index is 13.2. The Labute approximate surface area is 125 Å². The quantitative estimate of drug-likeness (QED) is 0.906. The van der Waals surface area contributed by atoms with E-state index in [0.29, 0.717) is 12.1 Å². The Morgan fingerprint density at radius 2 is 2.05 bits per heavy atom. The van der Waals surface area contributed by atoms with Crippen LogP contribution in [0, 0.1) is 5.82 Å². The third-order valence-corrected chi connectivity index (χ3v) is 4.51. The van der Waals surface area contributed by atoms with Crippen molar-refractivity contribution in [3.63, 3.8) is 0 Å². The van der Waals surface area contributed by atoms with E-state index in [-0.39, 0.29) is 4.31 Å². The number of hydrogen-bond acceptors (Lipinski definition) is 6. The van der Waals surface area contributed by atoms with Crippen LogP contribution >= 0.6 is 11.3 Å². The van der Waals surface area contributed by atoms with E-state index in [1.54, 1.807) is 0 Å². The van der Waals surface area contributed by atoms with Gasteiger partial charge in [0, 0.05) is 5.38 Å². The molecule has 2 aromatic heterocycles. The molecule has 7 nitrogen and oxygen atoms in total. The molecule has 0 fully saturated rings. The van der Waals surface area contributed by atoms with Crippen LogP contribution in [0.3, 0.4) is 0 Å². The summed E-state index contributed by atoms with van der Waals surface area (Å²) in [6.07, 6.45) is -5.26.